The molecule has 1 aromatic heterocycles. The Bertz CT molecular complexity index is 900. The van der Waals surface area contributed by atoms with Crippen molar-refractivity contribution < 1.29 is 9.59 Å². The number of carbonyl (C=O) groups excluding carboxylic acids is 2. The predicted octanol–water partition coefficient (Wildman–Crippen LogP) is 3.67. The molecule has 7 heteroatoms. The van der Waals surface area contributed by atoms with Crippen LogP contribution in [-0.2, 0) is 13.0 Å². The monoisotopic (exact) mass is 386 g/mol. The highest BCUT2D eigenvalue weighted by Gasteiger charge is 2.30. The summed E-state index contributed by atoms with van der Waals surface area (Å²) in [6.45, 7) is 4.17. The van der Waals surface area contributed by atoms with E-state index in [-0.39, 0.29) is 11.8 Å². The lowest BCUT2D eigenvalue weighted by Crippen LogP contribution is -2.29. The summed E-state index contributed by atoms with van der Waals surface area (Å²) in [6.07, 6.45) is 4.84. The summed E-state index contributed by atoms with van der Waals surface area (Å²) < 4.78 is 1.91. The Morgan fingerprint density at radius 1 is 1.11 bits per heavy atom. The number of rotatable bonds is 3. The summed E-state index contributed by atoms with van der Waals surface area (Å²) in [4.78, 5) is 32.1. The summed E-state index contributed by atoms with van der Waals surface area (Å²) in [5.41, 5.74) is 2.91. The second-order valence-electron chi connectivity index (χ2n) is 7.26. The molecule has 3 heterocycles. The lowest BCUT2D eigenvalue weighted by atomic mass is 10.1. The van der Waals surface area contributed by atoms with Crippen LogP contribution >= 0.6 is 11.6 Å². The zero-order chi connectivity index (χ0) is 19.0. The first-order valence-electron chi connectivity index (χ1n) is 9.51. The van der Waals surface area contributed by atoms with Gasteiger partial charge in [-0.05, 0) is 56.7 Å². The first kappa shape index (κ1) is 18.0. The highest BCUT2D eigenvalue weighted by Crippen LogP contribution is 2.25. The molecule has 0 aliphatic carbocycles. The van der Waals surface area contributed by atoms with Crippen molar-refractivity contribution in [2.75, 3.05) is 18.4 Å². The van der Waals surface area contributed by atoms with E-state index in [2.05, 4.69) is 10.3 Å². The van der Waals surface area contributed by atoms with Crippen molar-refractivity contribution in [1.82, 2.24) is 14.5 Å². The topological polar surface area (TPSA) is 67.2 Å². The fourth-order valence-electron chi connectivity index (χ4n) is 3.82. The fraction of sp³-hybridized carbons (Fsp3) is 0.450. The number of anilines is 1. The summed E-state index contributed by atoms with van der Waals surface area (Å²) in [7, 11) is 0. The summed E-state index contributed by atoms with van der Waals surface area (Å²) in [6, 6.07) is 5.40. The summed E-state index contributed by atoms with van der Waals surface area (Å²) in [5.74, 6) is -0.0435. The summed E-state index contributed by atoms with van der Waals surface area (Å²) >= 11 is 6.15. The molecule has 142 valence electrons. The van der Waals surface area contributed by atoms with Crippen LogP contribution in [0.4, 0.5) is 5.69 Å². The number of hydrogen-bond donors (Lipinski definition) is 1. The molecule has 2 amide bonds. The van der Waals surface area contributed by atoms with E-state index in [0.29, 0.717) is 28.8 Å². The molecule has 1 fully saturated rings. The fourth-order valence-corrected chi connectivity index (χ4v) is 4.00. The van der Waals surface area contributed by atoms with Crippen LogP contribution in [0.5, 0.6) is 0 Å². The van der Waals surface area contributed by atoms with Gasteiger partial charge in [0.25, 0.3) is 11.8 Å². The van der Waals surface area contributed by atoms with Crippen LogP contribution in [0.2, 0.25) is 5.02 Å². The van der Waals surface area contributed by atoms with E-state index in [9.17, 15) is 9.59 Å². The maximum absolute atomic E-state index is 12.9. The molecule has 2 aromatic rings. The van der Waals surface area contributed by atoms with E-state index in [0.717, 1.165) is 56.5 Å². The number of halogens is 1. The van der Waals surface area contributed by atoms with Gasteiger partial charge in [-0.25, -0.2) is 4.98 Å². The molecule has 6 nitrogen and oxygen atoms in total. The number of amides is 2. The number of likely N-dealkylation sites (tertiary alicyclic amines) is 1. The Morgan fingerprint density at radius 3 is 2.59 bits per heavy atom. The Kier molecular flexibility index (Phi) is 4.91. The van der Waals surface area contributed by atoms with E-state index in [1.54, 1.807) is 6.07 Å². The van der Waals surface area contributed by atoms with Crippen LogP contribution in [0.15, 0.2) is 18.2 Å². The van der Waals surface area contributed by atoms with Crippen LogP contribution in [-0.4, -0.2) is 39.4 Å². The van der Waals surface area contributed by atoms with E-state index < -0.39 is 0 Å². The maximum Gasteiger partial charge on any atom is 0.291 e. The van der Waals surface area contributed by atoms with Gasteiger partial charge in [0.05, 0.1) is 5.69 Å². The van der Waals surface area contributed by atoms with Gasteiger partial charge in [0.2, 0.25) is 0 Å². The van der Waals surface area contributed by atoms with Crippen LogP contribution < -0.4 is 5.32 Å². The second-order valence-corrected chi connectivity index (χ2v) is 7.66. The first-order chi connectivity index (χ1) is 13.0. The van der Waals surface area contributed by atoms with Gasteiger partial charge >= 0.3 is 0 Å². The first-order valence-corrected chi connectivity index (χ1v) is 9.88. The van der Waals surface area contributed by atoms with Gasteiger partial charge in [-0.3, -0.25) is 9.59 Å². The number of nitrogens with zero attached hydrogens (tertiary/aromatic N) is 3. The Labute approximate surface area is 163 Å². The quantitative estimate of drug-likeness (QED) is 0.875. The van der Waals surface area contributed by atoms with Crippen LogP contribution in [0, 0.1) is 6.92 Å². The van der Waals surface area contributed by atoms with Crippen molar-refractivity contribution in [3.63, 3.8) is 0 Å². The average molecular weight is 387 g/mol. The third-order valence-electron chi connectivity index (χ3n) is 5.35. The van der Waals surface area contributed by atoms with Gasteiger partial charge in [-0.15, -0.1) is 0 Å². The molecule has 2 aliphatic heterocycles. The van der Waals surface area contributed by atoms with Crippen LogP contribution in [0.3, 0.4) is 0 Å². The van der Waals surface area contributed by atoms with E-state index >= 15 is 0 Å². The highest BCUT2D eigenvalue weighted by atomic mass is 35.5. The van der Waals surface area contributed by atoms with Crippen molar-refractivity contribution in [3.8, 4) is 0 Å². The van der Waals surface area contributed by atoms with Crippen molar-refractivity contribution in [3.05, 3.63) is 46.0 Å². The van der Waals surface area contributed by atoms with Gasteiger partial charge in [0.15, 0.2) is 5.82 Å². The lowest BCUT2D eigenvalue weighted by molar-refractivity contribution is 0.0786. The van der Waals surface area contributed by atoms with Gasteiger partial charge in [-0.1, -0.05) is 17.7 Å². The van der Waals surface area contributed by atoms with Crippen LogP contribution in [0.25, 0.3) is 0 Å². The standard InChI is InChI=1S/C20H23ClN4O2/c1-13-7-8-14(12-15(13)21)22-19(26)18-23-17(16-6-2-3-11-25(16)18)20(27)24-9-4-5-10-24/h7-8,12H,2-6,9-11H2,1H3,(H,22,26). The number of carbonyl (C=O) groups is 2. The van der Waals surface area contributed by atoms with Crippen molar-refractivity contribution >= 4 is 29.1 Å². The van der Waals surface area contributed by atoms with Crippen molar-refractivity contribution in [2.45, 2.75) is 45.6 Å². The molecule has 1 saturated heterocycles. The molecule has 2 aliphatic rings. The number of benzene rings is 1. The van der Waals surface area contributed by atoms with Crippen LogP contribution in [0.1, 0.15) is 58.0 Å². The lowest BCUT2D eigenvalue weighted by Gasteiger charge is -2.18. The molecule has 27 heavy (non-hydrogen) atoms. The minimum atomic E-state index is -0.307. The van der Waals surface area contributed by atoms with Gasteiger partial charge < -0.3 is 14.8 Å². The normalized spacial score (nSPS) is 16.3. The van der Waals surface area contributed by atoms with E-state index in [1.165, 1.54) is 0 Å². The predicted molar refractivity (Wildman–Crippen MR) is 104 cm³/mol. The molecule has 1 N–H and O–H groups in total. The molecule has 0 bridgehead atoms. The highest BCUT2D eigenvalue weighted by molar-refractivity contribution is 6.31. The zero-order valence-corrected chi connectivity index (χ0v) is 16.2. The Balaban J connectivity index is 1.64. The summed E-state index contributed by atoms with van der Waals surface area (Å²) in [5, 5.41) is 3.47. The van der Waals surface area contributed by atoms with E-state index in [4.69, 9.17) is 11.6 Å². The number of fused-ring (bicyclic) bond motifs is 1. The number of nitrogens with one attached hydrogen (secondary N) is 1. The number of aryl methyl sites for hydroxylation is 1. The molecule has 0 saturated carbocycles. The molecule has 4 rings (SSSR count). The SMILES string of the molecule is Cc1ccc(NC(=O)c2nc(C(=O)N3CCCC3)c3n2CCCC3)cc1Cl. The van der Waals surface area contributed by atoms with E-state index in [1.807, 2.05) is 28.5 Å². The largest absolute Gasteiger partial charge is 0.337 e. The number of aromatic nitrogens is 2. The molecule has 0 radical (unpaired) electrons. The third-order valence-corrected chi connectivity index (χ3v) is 5.75. The van der Waals surface area contributed by atoms with Gasteiger partial charge in [-0.2, -0.15) is 0 Å². The van der Waals surface area contributed by atoms with Crippen molar-refractivity contribution in [1.29, 1.82) is 0 Å². The molecule has 1 aromatic carbocycles. The zero-order valence-electron chi connectivity index (χ0n) is 15.4. The number of hydrogen-bond acceptors (Lipinski definition) is 3. The number of imidazole rings is 1. The minimum absolute atomic E-state index is 0.0458. The third kappa shape index (κ3) is 3.46. The molecular weight excluding hydrogens is 364 g/mol. The molecular formula is C20H23ClN4O2. The minimum Gasteiger partial charge on any atom is -0.337 e. The Morgan fingerprint density at radius 2 is 1.85 bits per heavy atom. The second kappa shape index (κ2) is 7.35. The smallest absolute Gasteiger partial charge is 0.291 e. The van der Waals surface area contributed by atoms with Gasteiger partial charge in [0.1, 0.15) is 5.69 Å². The molecule has 0 atom stereocenters. The molecule has 0 spiro atoms. The van der Waals surface area contributed by atoms with Gasteiger partial charge in [0, 0.05) is 30.3 Å². The maximum atomic E-state index is 12.9. The molecule has 0 unspecified atom stereocenters. The van der Waals surface area contributed by atoms with Crippen molar-refractivity contribution in [2.24, 2.45) is 0 Å². The Hall–Kier alpha value is -2.34. The average Bonchev–Trinajstić information content (AvgIpc) is 3.32.